The van der Waals surface area contributed by atoms with E-state index in [2.05, 4.69) is 16.0 Å². The molecule has 2 aromatic carbocycles. The van der Waals surface area contributed by atoms with Crippen LogP contribution in [0.15, 0.2) is 58.3 Å². The number of ketones is 2. The van der Waals surface area contributed by atoms with Gasteiger partial charge in [-0.3, -0.25) is 14.6 Å². The van der Waals surface area contributed by atoms with Gasteiger partial charge in [0.1, 0.15) is 11.4 Å². The monoisotopic (exact) mass is 360 g/mol. The van der Waals surface area contributed by atoms with E-state index in [0.29, 0.717) is 24.4 Å². The average molecular weight is 360 g/mol. The Kier molecular flexibility index (Phi) is 4.31. The maximum absolute atomic E-state index is 12.1. The van der Waals surface area contributed by atoms with Gasteiger partial charge in [-0.15, -0.1) is 11.3 Å². The number of rotatable bonds is 5. The van der Waals surface area contributed by atoms with Gasteiger partial charge in [-0.05, 0) is 28.3 Å². The van der Waals surface area contributed by atoms with Crippen LogP contribution in [0, 0.1) is 0 Å². The number of aromatic nitrogens is 1. The van der Waals surface area contributed by atoms with E-state index < -0.39 is 0 Å². The summed E-state index contributed by atoms with van der Waals surface area (Å²) in [6.45, 7) is 2.10. The van der Waals surface area contributed by atoms with E-state index in [-0.39, 0.29) is 11.6 Å². The lowest BCUT2D eigenvalue weighted by Crippen LogP contribution is -2.09. The fraction of sp³-hybridized carbons (Fsp3) is 0.143. The number of benzene rings is 2. The van der Waals surface area contributed by atoms with Crippen LogP contribution in [0.2, 0.25) is 0 Å². The fourth-order valence-electron chi connectivity index (χ4n) is 3.13. The lowest BCUT2D eigenvalue weighted by atomic mass is 9.96. The third-order valence-corrected chi connectivity index (χ3v) is 5.06. The van der Waals surface area contributed by atoms with E-state index in [1.165, 1.54) is 11.3 Å². The van der Waals surface area contributed by atoms with E-state index in [0.717, 1.165) is 27.8 Å². The molecule has 0 amide bonds. The first kappa shape index (κ1) is 16.5. The summed E-state index contributed by atoms with van der Waals surface area (Å²) >= 11 is 1.43. The molecule has 0 N–H and O–H groups in total. The number of fused-ring (bicyclic) bond motifs is 1. The number of aliphatic imine (C=N–C) groups is 1. The van der Waals surface area contributed by atoms with Crippen LogP contribution in [-0.4, -0.2) is 22.3 Å². The van der Waals surface area contributed by atoms with E-state index in [1.807, 2.05) is 36.4 Å². The first-order chi connectivity index (χ1) is 12.6. The molecular formula is C21H16N2O2S. The van der Waals surface area contributed by atoms with Crippen molar-refractivity contribution in [1.82, 2.24) is 4.98 Å². The minimum atomic E-state index is 0.00522. The van der Waals surface area contributed by atoms with Gasteiger partial charge in [0.05, 0.1) is 12.1 Å². The lowest BCUT2D eigenvalue weighted by molar-refractivity contribution is -0.111. The normalized spacial score (nSPS) is 12.6. The second kappa shape index (κ2) is 6.77. The third-order valence-electron chi connectivity index (χ3n) is 4.47. The van der Waals surface area contributed by atoms with Crippen LogP contribution in [0.25, 0.3) is 11.1 Å². The molecule has 0 unspecified atom stereocenters. The number of Topliss-reactive ketones (excluding diaryl/α,β-unsaturated/α-hetero) is 2. The number of nitrogens with zero attached hydrogens (tertiary/aromatic N) is 2. The summed E-state index contributed by atoms with van der Waals surface area (Å²) in [5.41, 5.74) is 7.92. The van der Waals surface area contributed by atoms with Crippen molar-refractivity contribution in [3.8, 4) is 11.1 Å². The predicted molar refractivity (Wildman–Crippen MR) is 103 cm³/mol. The van der Waals surface area contributed by atoms with Crippen LogP contribution in [0.3, 0.4) is 0 Å². The number of hydrogen-bond donors (Lipinski definition) is 0. The van der Waals surface area contributed by atoms with Crippen molar-refractivity contribution in [2.75, 3.05) is 0 Å². The van der Waals surface area contributed by atoms with Crippen LogP contribution < -0.4 is 0 Å². The zero-order chi connectivity index (χ0) is 18.1. The Labute approximate surface area is 155 Å². The van der Waals surface area contributed by atoms with Crippen molar-refractivity contribution in [3.05, 3.63) is 75.7 Å². The zero-order valence-electron chi connectivity index (χ0n) is 14.2. The summed E-state index contributed by atoms with van der Waals surface area (Å²) in [6, 6.07) is 14.1. The Bertz CT molecular complexity index is 1020. The molecule has 0 bridgehead atoms. The SMILES string of the molecule is CC(=O)C1=NCc2cc(-c3ccc(CC(=O)c4cscn4)cc3)ccc21. The number of thiazole rings is 1. The molecule has 0 saturated carbocycles. The Morgan fingerprint density at radius 3 is 2.54 bits per heavy atom. The van der Waals surface area contributed by atoms with E-state index in [4.69, 9.17) is 0 Å². The summed E-state index contributed by atoms with van der Waals surface area (Å²) in [4.78, 5) is 32.2. The van der Waals surface area contributed by atoms with Gasteiger partial charge in [0.25, 0.3) is 0 Å². The molecule has 0 spiro atoms. The maximum Gasteiger partial charge on any atom is 0.186 e. The summed E-state index contributed by atoms with van der Waals surface area (Å²) in [6.07, 6.45) is 0.351. The standard InChI is InChI=1S/C21H16N2O2S/c1-13(24)21-18-7-6-16(9-17(18)10-22-21)15-4-2-14(3-5-15)8-20(25)19-11-26-12-23-19/h2-7,9,11-12H,8,10H2,1H3. The fourth-order valence-corrected chi connectivity index (χ4v) is 3.68. The highest BCUT2D eigenvalue weighted by molar-refractivity contribution is 7.07. The van der Waals surface area contributed by atoms with Crippen molar-refractivity contribution >= 4 is 28.6 Å². The lowest BCUT2D eigenvalue weighted by Gasteiger charge is -2.07. The molecule has 2 heterocycles. The minimum Gasteiger partial charge on any atom is -0.293 e. The van der Waals surface area contributed by atoms with E-state index >= 15 is 0 Å². The molecule has 0 aliphatic carbocycles. The number of carbonyl (C=O) groups is 2. The van der Waals surface area contributed by atoms with Gasteiger partial charge in [0.2, 0.25) is 0 Å². The van der Waals surface area contributed by atoms with Crippen LogP contribution >= 0.6 is 11.3 Å². The van der Waals surface area contributed by atoms with Crippen molar-refractivity contribution in [1.29, 1.82) is 0 Å². The molecule has 0 fully saturated rings. The Morgan fingerprint density at radius 1 is 1.08 bits per heavy atom. The molecule has 1 aromatic heterocycles. The Morgan fingerprint density at radius 2 is 1.85 bits per heavy atom. The highest BCUT2D eigenvalue weighted by Crippen LogP contribution is 2.27. The first-order valence-corrected chi connectivity index (χ1v) is 9.25. The molecule has 0 atom stereocenters. The smallest absolute Gasteiger partial charge is 0.186 e. The predicted octanol–water partition coefficient (Wildman–Crippen LogP) is 4.13. The first-order valence-electron chi connectivity index (χ1n) is 8.31. The van der Waals surface area contributed by atoms with E-state index in [1.54, 1.807) is 17.8 Å². The molecule has 1 aliphatic rings. The Hall–Kier alpha value is -2.92. The quantitative estimate of drug-likeness (QED) is 0.643. The van der Waals surface area contributed by atoms with Crippen molar-refractivity contribution < 1.29 is 9.59 Å². The van der Waals surface area contributed by atoms with Crippen LogP contribution in [0.4, 0.5) is 0 Å². The minimum absolute atomic E-state index is 0.00522. The Balaban J connectivity index is 1.53. The van der Waals surface area contributed by atoms with Gasteiger partial charge in [-0.1, -0.05) is 36.4 Å². The summed E-state index contributed by atoms with van der Waals surface area (Å²) in [7, 11) is 0. The topological polar surface area (TPSA) is 59.4 Å². The van der Waals surface area contributed by atoms with Gasteiger partial charge in [0.15, 0.2) is 11.6 Å². The molecule has 0 radical (unpaired) electrons. The van der Waals surface area contributed by atoms with Gasteiger partial charge in [-0.2, -0.15) is 0 Å². The zero-order valence-corrected chi connectivity index (χ0v) is 15.0. The van der Waals surface area contributed by atoms with Crippen LogP contribution in [0.1, 0.15) is 34.1 Å². The summed E-state index contributed by atoms with van der Waals surface area (Å²) in [5, 5.41) is 1.78. The number of carbonyl (C=O) groups excluding carboxylic acids is 2. The van der Waals surface area contributed by atoms with Crippen molar-refractivity contribution in [3.63, 3.8) is 0 Å². The molecule has 1 aliphatic heterocycles. The van der Waals surface area contributed by atoms with Crippen LogP contribution in [0.5, 0.6) is 0 Å². The van der Waals surface area contributed by atoms with Crippen molar-refractivity contribution in [2.24, 2.45) is 4.99 Å². The van der Waals surface area contributed by atoms with Gasteiger partial charge in [0, 0.05) is 24.3 Å². The molecule has 4 rings (SSSR count). The maximum atomic E-state index is 12.1. The van der Waals surface area contributed by atoms with Gasteiger partial charge < -0.3 is 0 Å². The second-order valence-electron chi connectivity index (χ2n) is 6.26. The molecule has 128 valence electrons. The molecule has 3 aromatic rings. The third kappa shape index (κ3) is 3.13. The molecule has 0 saturated heterocycles. The van der Waals surface area contributed by atoms with E-state index in [9.17, 15) is 9.59 Å². The largest absolute Gasteiger partial charge is 0.293 e. The summed E-state index contributed by atoms with van der Waals surface area (Å²) < 4.78 is 0. The highest BCUT2D eigenvalue weighted by Gasteiger charge is 2.19. The molecule has 26 heavy (non-hydrogen) atoms. The highest BCUT2D eigenvalue weighted by atomic mass is 32.1. The van der Waals surface area contributed by atoms with Gasteiger partial charge >= 0.3 is 0 Å². The molecular weight excluding hydrogens is 344 g/mol. The molecule has 5 heteroatoms. The second-order valence-corrected chi connectivity index (χ2v) is 6.98. The van der Waals surface area contributed by atoms with Crippen LogP contribution in [-0.2, 0) is 17.8 Å². The average Bonchev–Trinajstić information content (AvgIpc) is 3.31. The van der Waals surface area contributed by atoms with Gasteiger partial charge in [-0.25, -0.2) is 4.98 Å². The number of hydrogen-bond acceptors (Lipinski definition) is 5. The summed E-state index contributed by atoms with van der Waals surface area (Å²) in [5.74, 6) is 0.0380. The molecule has 4 nitrogen and oxygen atoms in total. The van der Waals surface area contributed by atoms with Crippen molar-refractivity contribution in [2.45, 2.75) is 19.9 Å².